The molecule has 0 fully saturated rings. The van der Waals surface area contributed by atoms with E-state index in [1.54, 1.807) is 0 Å². The SMILES string of the molecule is CCC(C)c1ccc2cc(OCCOCCOc3ccc(S(=O)(=O)O)cc3)ccc2c1. The van der Waals surface area contributed by atoms with Crippen molar-refractivity contribution in [3.63, 3.8) is 0 Å². The Bertz CT molecular complexity index is 1090. The van der Waals surface area contributed by atoms with E-state index in [-0.39, 0.29) is 4.90 Å². The van der Waals surface area contributed by atoms with Crippen molar-refractivity contribution in [3.8, 4) is 11.5 Å². The van der Waals surface area contributed by atoms with Crippen LogP contribution in [0.15, 0.2) is 65.6 Å². The van der Waals surface area contributed by atoms with Crippen LogP contribution in [0.5, 0.6) is 11.5 Å². The zero-order chi connectivity index (χ0) is 22.3. The lowest BCUT2D eigenvalue weighted by atomic mass is 9.96. The molecule has 0 heterocycles. The molecule has 0 aromatic heterocycles. The molecule has 3 rings (SSSR count). The molecule has 1 unspecified atom stereocenters. The number of benzene rings is 3. The van der Waals surface area contributed by atoms with Crippen LogP contribution in [0.3, 0.4) is 0 Å². The summed E-state index contributed by atoms with van der Waals surface area (Å²) < 4.78 is 47.7. The van der Waals surface area contributed by atoms with Gasteiger partial charge in [0.05, 0.1) is 18.1 Å². The summed E-state index contributed by atoms with van der Waals surface area (Å²) in [6.45, 7) is 5.99. The third-order valence-corrected chi connectivity index (χ3v) is 6.00. The molecule has 6 nitrogen and oxygen atoms in total. The van der Waals surface area contributed by atoms with Crippen molar-refractivity contribution in [1.29, 1.82) is 0 Å². The largest absolute Gasteiger partial charge is 0.491 e. The molecule has 7 heteroatoms. The number of rotatable bonds is 11. The highest BCUT2D eigenvalue weighted by atomic mass is 32.2. The predicted octanol–water partition coefficient (Wildman–Crippen LogP) is 5.07. The summed E-state index contributed by atoms with van der Waals surface area (Å²) in [5.74, 6) is 1.86. The van der Waals surface area contributed by atoms with E-state index in [1.165, 1.54) is 35.2 Å². The van der Waals surface area contributed by atoms with Gasteiger partial charge in [-0.15, -0.1) is 0 Å². The van der Waals surface area contributed by atoms with E-state index in [9.17, 15) is 8.42 Å². The average Bonchev–Trinajstić information content (AvgIpc) is 2.77. The molecule has 0 aliphatic heterocycles. The zero-order valence-corrected chi connectivity index (χ0v) is 18.6. The lowest BCUT2D eigenvalue weighted by Gasteiger charge is -2.12. The van der Waals surface area contributed by atoms with Gasteiger partial charge >= 0.3 is 0 Å². The summed E-state index contributed by atoms with van der Waals surface area (Å²) in [5, 5.41) is 2.36. The number of hydrogen-bond donors (Lipinski definition) is 1. The Kier molecular flexibility index (Phi) is 7.90. The van der Waals surface area contributed by atoms with Crippen LogP contribution in [0, 0.1) is 0 Å². The van der Waals surface area contributed by atoms with Crippen molar-refractivity contribution in [2.45, 2.75) is 31.1 Å². The first-order chi connectivity index (χ1) is 14.9. The summed E-state index contributed by atoms with van der Waals surface area (Å²) >= 11 is 0. The summed E-state index contributed by atoms with van der Waals surface area (Å²) in [7, 11) is -4.19. The normalized spacial score (nSPS) is 12.6. The van der Waals surface area contributed by atoms with Gasteiger partial charge in [-0.05, 0) is 65.1 Å². The van der Waals surface area contributed by atoms with Gasteiger partial charge in [-0.25, -0.2) is 0 Å². The summed E-state index contributed by atoms with van der Waals surface area (Å²) in [4.78, 5) is -0.169. The first-order valence-corrected chi connectivity index (χ1v) is 11.8. The van der Waals surface area contributed by atoms with Gasteiger partial charge in [0.2, 0.25) is 0 Å². The highest BCUT2D eigenvalue weighted by Gasteiger charge is 2.08. The van der Waals surface area contributed by atoms with Crippen molar-refractivity contribution in [1.82, 2.24) is 0 Å². The van der Waals surface area contributed by atoms with Crippen molar-refractivity contribution in [3.05, 3.63) is 66.2 Å². The summed E-state index contributed by atoms with van der Waals surface area (Å²) in [6, 6.07) is 18.2. The Morgan fingerprint density at radius 2 is 1.39 bits per heavy atom. The van der Waals surface area contributed by atoms with E-state index in [2.05, 4.69) is 38.1 Å². The van der Waals surface area contributed by atoms with E-state index >= 15 is 0 Å². The molecule has 0 radical (unpaired) electrons. The van der Waals surface area contributed by atoms with Gasteiger partial charge in [-0.3, -0.25) is 4.55 Å². The first-order valence-electron chi connectivity index (χ1n) is 10.3. The molecular weight excluding hydrogens is 416 g/mol. The molecule has 0 bridgehead atoms. The van der Waals surface area contributed by atoms with Gasteiger partial charge < -0.3 is 14.2 Å². The van der Waals surface area contributed by atoms with E-state index in [0.717, 1.165) is 17.6 Å². The maximum Gasteiger partial charge on any atom is 0.294 e. The fraction of sp³-hybridized carbons (Fsp3) is 0.333. The summed E-state index contributed by atoms with van der Waals surface area (Å²) in [5.41, 5.74) is 1.36. The van der Waals surface area contributed by atoms with E-state index < -0.39 is 10.1 Å². The minimum absolute atomic E-state index is 0.169. The summed E-state index contributed by atoms with van der Waals surface area (Å²) in [6.07, 6.45) is 1.12. The van der Waals surface area contributed by atoms with Gasteiger partial charge in [0, 0.05) is 0 Å². The van der Waals surface area contributed by atoms with Crippen LogP contribution >= 0.6 is 0 Å². The standard InChI is InChI=1S/C24H28O6S/c1-3-18(2)19-4-5-21-17-23(7-6-20(21)16-19)30-15-13-28-12-14-29-22-8-10-24(11-9-22)31(25,26)27/h4-11,16-18H,3,12-15H2,1-2H3,(H,25,26,27). The van der Waals surface area contributed by atoms with Crippen LogP contribution < -0.4 is 9.47 Å². The third-order valence-electron chi connectivity index (χ3n) is 5.13. The van der Waals surface area contributed by atoms with Crippen LogP contribution in [-0.4, -0.2) is 39.4 Å². The van der Waals surface area contributed by atoms with Gasteiger partial charge in [0.1, 0.15) is 24.7 Å². The van der Waals surface area contributed by atoms with Crippen LogP contribution in [-0.2, 0) is 14.9 Å². The maximum atomic E-state index is 11.0. The minimum atomic E-state index is -4.19. The topological polar surface area (TPSA) is 82.1 Å². The van der Waals surface area contributed by atoms with Crippen molar-refractivity contribution < 1.29 is 27.2 Å². The monoisotopic (exact) mass is 444 g/mol. The van der Waals surface area contributed by atoms with E-state index in [4.69, 9.17) is 18.8 Å². The molecule has 0 aliphatic carbocycles. The third kappa shape index (κ3) is 6.69. The number of hydrogen-bond acceptors (Lipinski definition) is 5. The van der Waals surface area contributed by atoms with Crippen LogP contribution in [0.25, 0.3) is 10.8 Å². The smallest absolute Gasteiger partial charge is 0.294 e. The van der Waals surface area contributed by atoms with Gasteiger partial charge in [0.15, 0.2) is 0 Å². The molecule has 31 heavy (non-hydrogen) atoms. The molecule has 3 aromatic carbocycles. The Balaban J connectivity index is 1.37. The van der Waals surface area contributed by atoms with Crippen LogP contribution in [0.2, 0.25) is 0 Å². The number of ether oxygens (including phenoxy) is 3. The van der Waals surface area contributed by atoms with Crippen LogP contribution in [0.4, 0.5) is 0 Å². The first kappa shape index (κ1) is 23.1. The second-order valence-electron chi connectivity index (χ2n) is 7.33. The Morgan fingerprint density at radius 3 is 2.03 bits per heavy atom. The molecule has 1 atom stereocenters. The molecule has 0 aliphatic rings. The van der Waals surface area contributed by atoms with Gasteiger partial charge in [0.25, 0.3) is 10.1 Å². The Labute approximate surface area is 183 Å². The second-order valence-corrected chi connectivity index (χ2v) is 8.75. The van der Waals surface area contributed by atoms with Crippen molar-refractivity contribution in [2.24, 2.45) is 0 Å². The molecule has 1 N–H and O–H groups in total. The second kappa shape index (κ2) is 10.6. The predicted molar refractivity (Wildman–Crippen MR) is 121 cm³/mol. The van der Waals surface area contributed by atoms with E-state index in [0.29, 0.717) is 38.1 Å². The Hall–Kier alpha value is -2.61. The molecule has 0 saturated carbocycles. The van der Waals surface area contributed by atoms with E-state index in [1.807, 2.05) is 12.1 Å². The molecule has 3 aromatic rings. The molecule has 0 saturated heterocycles. The number of fused-ring (bicyclic) bond motifs is 1. The fourth-order valence-corrected chi connectivity index (χ4v) is 3.60. The highest BCUT2D eigenvalue weighted by Crippen LogP contribution is 2.26. The Morgan fingerprint density at radius 1 is 0.806 bits per heavy atom. The van der Waals surface area contributed by atoms with Gasteiger partial charge in [-0.2, -0.15) is 8.42 Å². The van der Waals surface area contributed by atoms with Crippen LogP contribution in [0.1, 0.15) is 31.7 Å². The van der Waals surface area contributed by atoms with Crippen molar-refractivity contribution in [2.75, 3.05) is 26.4 Å². The quantitative estimate of drug-likeness (QED) is 0.328. The minimum Gasteiger partial charge on any atom is -0.491 e. The highest BCUT2D eigenvalue weighted by molar-refractivity contribution is 7.85. The zero-order valence-electron chi connectivity index (χ0n) is 17.8. The van der Waals surface area contributed by atoms with Crippen molar-refractivity contribution >= 4 is 20.9 Å². The fourth-order valence-electron chi connectivity index (χ4n) is 3.12. The molecular formula is C24H28O6S. The molecule has 0 amide bonds. The lowest BCUT2D eigenvalue weighted by Crippen LogP contribution is -2.12. The molecule has 0 spiro atoms. The molecule has 166 valence electrons. The lowest BCUT2D eigenvalue weighted by molar-refractivity contribution is 0.0764. The van der Waals surface area contributed by atoms with Gasteiger partial charge in [-0.1, -0.05) is 38.1 Å². The maximum absolute atomic E-state index is 11.0. The average molecular weight is 445 g/mol.